The molecular formula is C19H34N2O4. The van der Waals surface area contributed by atoms with Crippen LogP contribution in [0, 0.1) is 0 Å². The zero-order chi connectivity index (χ0) is 19.0. The molecule has 0 aliphatic heterocycles. The van der Waals surface area contributed by atoms with E-state index in [9.17, 15) is 10.2 Å². The van der Waals surface area contributed by atoms with E-state index >= 15 is 0 Å². The molecule has 6 heteroatoms. The number of likely N-dealkylation sites (N-methyl/N-ethyl adjacent to an activating group) is 1. The lowest BCUT2D eigenvalue weighted by Crippen LogP contribution is -2.42. The smallest absolute Gasteiger partial charge is 0.161 e. The van der Waals surface area contributed by atoms with Gasteiger partial charge in [-0.3, -0.25) is 0 Å². The zero-order valence-corrected chi connectivity index (χ0v) is 16.4. The number of nitrogens with one attached hydrogen (secondary N) is 1. The Labute approximate surface area is 151 Å². The number of nitrogens with zero attached hydrogens (tertiary/aromatic N) is 1. The topological polar surface area (TPSA) is 74.2 Å². The molecule has 0 fully saturated rings. The molecule has 0 radical (unpaired) electrons. The predicted molar refractivity (Wildman–Crippen MR) is 100 cm³/mol. The molecule has 0 spiro atoms. The summed E-state index contributed by atoms with van der Waals surface area (Å²) in [6, 6.07) is 6.08. The van der Waals surface area contributed by atoms with Crippen LogP contribution in [0.5, 0.6) is 11.5 Å². The highest BCUT2D eigenvalue weighted by molar-refractivity contribution is 5.43. The maximum Gasteiger partial charge on any atom is 0.161 e. The standard InChI is InChI=1S/C19H34N2O4/c1-14(2)21(5)11-16(23)12-25-17-8-7-15(9-18(17)24-6)10-20-19(3,4)13-22/h7-9,14,16,20,22-23H,10-13H2,1-6H3. The summed E-state index contributed by atoms with van der Waals surface area (Å²) < 4.78 is 11.1. The lowest BCUT2D eigenvalue weighted by molar-refractivity contribution is 0.0668. The Morgan fingerprint density at radius 1 is 1.24 bits per heavy atom. The largest absolute Gasteiger partial charge is 0.493 e. The van der Waals surface area contributed by atoms with Gasteiger partial charge in [0.1, 0.15) is 12.7 Å². The van der Waals surface area contributed by atoms with Crippen molar-refractivity contribution in [3.05, 3.63) is 23.8 Å². The molecule has 0 heterocycles. The molecule has 0 aliphatic carbocycles. The van der Waals surface area contributed by atoms with Crippen LogP contribution < -0.4 is 14.8 Å². The van der Waals surface area contributed by atoms with Gasteiger partial charge in [0.2, 0.25) is 0 Å². The Kier molecular flexibility index (Phi) is 8.65. The van der Waals surface area contributed by atoms with Crippen molar-refractivity contribution in [1.29, 1.82) is 0 Å². The van der Waals surface area contributed by atoms with E-state index in [2.05, 4.69) is 24.1 Å². The summed E-state index contributed by atoms with van der Waals surface area (Å²) >= 11 is 0. The Hall–Kier alpha value is -1.34. The van der Waals surface area contributed by atoms with Crippen molar-refractivity contribution < 1.29 is 19.7 Å². The summed E-state index contributed by atoms with van der Waals surface area (Å²) in [6.07, 6.45) is -0.566. The molecular weight excluding hydrogens is 320 g/mol. The maximum absolute atomic E-state index is 10.1. The number of aliphatic hydroxyl groups is 2. The molecule has 25 heavy (non-hydrogen) atoms. The lowest BCUT2D eigenvalue weighted by atomic mass is 10.1. The second-order valence-corrected chi connectivity index (χ2v) is 7.38. The molecule has 144 valence electrons. The van der Waals surface area contributed by atoms with Crippen molar-refractivity contribution in [3.8, 4) is 11.5 Å². The minimum Gasteiger partial charge on any atom is -0.493 e. The van der Waals surface area contributed by atoms with Crippen molar-refractivity contribution >= 4 is 0 Å². The highest BCUT2D eigenvalue weighted by Crippen LogP contribution is 2.28. The molecule has 0 saturated heterocycles. The van der Waals surface area contributed by atoms with E-state index in [1.807, 2.05) is 39.1 Å². The Morgan fingerprint density at radius 2 is 1.92 bits per heavy atom. The van der Waals surface area contributed by atoms with Gasteiger partial charge in [-0.1, -0.05) is 6.07 Å². The van der Waals surface area contributed by atoms with Crippen LogP contribution >= 0.6 is 0 Å². The molecule has 0 amide bonds. The fourth-order valence-electron chi connectivity index (χ4n) is 2.12. The zero-order valence-electron chi connectivity index (χ0n) is 16.4. The molecule has 1 aromatic rings. The van der Waals surface area contributed by atoms with E-state index in [1.54, 1.807) is 7.11 Å². The van der Waals surface area contributed by atoms with E-state index in [4.69, 9.17) is 9.47 Å². The first-order valence-electron chi connectivity index (χ1n) is 8.72. The van der Waals surface area contributed by atoms with Crippen molar-refractivity contribution in [2.75, 3.05) is 33.9 Å². The number of ether oxygens (including phenoxy) is 2. The highest BCUT2D eigenvalue weighted by atomic mass is 16.5. The van der Waals surface area contributed by atoms with Gasteiger partial charge in [0.05, 0.1) is 13.7 Å². The van der Waals surface area contributed by atoms with Crippen molar-refractivity contribution in [1.82, 2.24) is 10.2 Å². The first-order valence-corrected chi connectivity index (χ1v) is 8.72. The third-order valence-electron chi connectivity index (χ3n) is 4.21. The average Bonchev–Trinajstić information content (AvgIpc) is 2.58. The van der Waals surface area contributed by atoms with Gasteiger partial charge in [-0.15, -0.1) is 0 Å². The average molecular weight is 354 g/mol. The predicted octanol–water partition coefficient (Wildman–Crippen LogP) is 1.64. The minimum absolute atomic E-state index is 0.0635. The van der Waals surface area contributed by atoms with Crippen LogP contribution in [0.2, 0.25) is 0 Å². The number of hydrogen-bond donors (Lipinski definition) is 3. The van der Waals surface area contributed by atoms with Gasteiger partial charge in [-0.05, 0) is 52.4 Å². The number of rotatable bonds is 11. The summed E-state index contributed by atoms with van der Waals surface area (Å²) in [7, 11) is 3.57. The Bertz CT molecular complexity index is 520. The lowest BCUT2D eigenvalue weighted by Gasteiger charge is -2.25. The van der Waals surface area contributed by atoms with E-state index in [0.29, 0.717) is 30.6 Å². The molecule has 0 aliphatic rings. The van der Waals surface area contributed by atoms with Crippen LogP contribution in [0.3, 0.4) is 0 Å². The van der Waals surface area contributed by atoms with Gasteiger partial charge in [-0.2, -0.15) is 0 Å². The molecule has 1 atom stereocenters. The van der Waals surface area contributed by atoms with E-state index < -0.39 is 6.10 Å². The van der Waals surface area contributed by atoms with Crippen molar-refractivity contribution in [2.24, 2.45) is 0 Å². The maximum atomic E-state index is 10.1. The molecule has 1 unspecified atom stereocenters. The second-order valence-electron chi connectivity index (χ2n) is 7.38. The molecule has 0 saturated carbocycles. The van der Waals surface area contributed by atoms with Crippen LogP contribution in [0.15, 0.2) is 18.2 Å². The minimum atomic E-state index is -0.566. The third kappa shape index (κ3) is 7.61. The van der Waals surface area contributed by atoms with Crippen LogP contribution in [-0.2, 0) is 6.54 Å². The molecule has 0 bridgehead atoms. The molecule has 0 aromatic heterocycles. The molecule has 1 rings (SSSR count). The molecule has 1 aromatic carbocycles. The van der Waals surface area contributed by atoms with Gasteiger partial charge in [0.25, 0.3) is 0 Å². The highest BCUT2D eigenvalue weighted by Gasteiger charge is 2.16. The summed E-state index contributed by atoms with van der Waals surface area (Å²) in [4.78, 5) is 2.07. The first-order chi connectivity index (χ1) is 11.7. The molecule has 6 nitrogen and oxygen atoms in total. The number of methoxy groups -OCH3 is 1. The third-order valence-corrected chi connectivity index (χ3v) is 4.21. The monoisotopic (exact) mass is 354 g/mol. The summed E-state index contributed by atoms with van der Waals surface area (Å²) in [5.41, 5.74) is 0.695. The Morgan fingerprint density at radius 3 is 2.48 bits per heavy atom. The van der Waals surface area contributed by atoms with Gasteiger partial charge in [-0.25, -0.2) is 0 Å². The van der Waals surface area contributed by atoms with Gasteiger partial charge >= 0.3 is 0 Å². The number of aliphatic hydroxyl groups excluding tert-OH is 2. The fourth-order valence-corrected chi connectivity index (χ4v) is 2.12. The summed E-state index contributed by atoms with van der Waals surface area (Å²) in [5.74, 6) is 1.24. The first kappa shape index (κ1) is 21.7. The quantitative estimate of drug-likeness (QED) is 0.561. The van der Waals surface area contributed by atoms with Crippen molar-refractivity contribution in [3.63, 3.8) is 0 Å². The molecule has 3 N–H and O–H groups in total. The Balaban J connectivity index is 2.63. The summed E-state index contributed by atoms with van der Waals surface area (Å²) in [5, 5.41) is 22.7. The summed E-state index contributed by atoms with van der Waals surface area (Å²) in [6.45, 7) is 9.50. The van der Waals surface area contributed by atoms with Gasteiger partial charge < -0.3 is 29.9 Å². The SMILES string of the molecule is COc1cc(CNC(C)(C)CO)ccc1OCC(O)CN(C)C(C)C. The van der Waals surface area contributed by atoms with E-state index in [-0.39, 0.29) is 18.8 Å². The van der Waals surface area contributed by atoms with Crippen LogP contribution in [0.25, 0.3) is 0 Å². The number of hydrogen-bond acceptors (Lipinski definition) is 6. The van der Waals surface area contributed by atoms with E-state index in [0.717, 1.165) is 5.56 Å². The van der Waals surface area contributed by atoms with Crippen molar-refractivity contribution in [2.45, 2.75) is 51.9 Å². The normalized spacial score (nSPS) is 13.4. The van der Waals surface area contributed by atoms with Gasteiger partial charge in [0.15, 0.2) is 11.5 Å². The van der Waals surface area contributed by atoms with Gasteiger partial charge in [0, 0.05) is 24.7 Å². The van der Waals surface area contributed by atoms with Crippen LogP contribution in [0.4, 0.5) is 0 Å². The van der Waals surface area contributed by atoms with E-state index in [1.165, 1.54) is 0 Å². The second kappa shape index (κ2) is 9.97. The fraction of sp³-hybridized carbons (Fsp3) is 0.684. The van der Waals surface area contributed by atoms with Crippen LogP contribution in [0.1, 0.15) is 33.3 Å². The number of benzene rings is 1. The van der Waals surface area contributed by atoms with Crippen LogP contribution in [-0.4, -0.2) is 66.7 Å².